The molecule has 0 aliphatic carbocycles. The quantitative estimate of drug-likeness (QED) is 0.772. The van der Waals surface area contributed by atoms with Crippen molar-refractivity contribution < 1.29 is 9.18 Å². The Labute approximate surface area is 119 Å². The Hall–Kier alpha value is -3.09. The molecule has 0 saturated carbocycles. The molecule has 1 aromatic carbocycles. The van der Waals surface area contributed by atoms with Gasteiger partial charge in [-0.1, -0.05) is 6.07 Å². The van der Waals surface area contributed by atoms with Crippen LogP contribution in [0.3, 0.4) is 0 Å². The number of nitrogens with one attached hydrogen (secondary N) is 2. The van der Waals surface area contributed by atoms with Crippen molar-refractivity contribution in [1.82, 2.24) is 20.2 Å². The van der Waals surface area contributed by atoms with Crippen molar-refractivity contribution in [2.24, 2.45) is 0 Å². The number of benzene rings is 1. The molecule has 0 aliphatic rings. The summed E-state index contributed by atoms with van der Waals surface area (Å²) in [4.78, 5) is 19.9. The first-order valence-electron chi connectivity index (χ1n) is 6.12. The second-order valence-electron chi connectivity index (χ2n) is 4.20. The minimum Gasteiger partial charge on any atom is -0.318 e. The van der Waals surface area contributed by atoms with Gasteiger partial charge in [-0.25, -0.2) is 9.37 Å². The van der Waals surface area contributed by atoms with E-state index in [1.54, 1.807) is 24.3 Å². The molecule has 7 heteroatoms. The highest BCUT2D eigenvalue weighted by atomic mass is 19.1. The monoisotopic (exact) mass is 283 g/mol. The predicted molar refractivity (Wildman–Crippen MR) is 74.0 cm³/mol. The zero-order valence-corrected chi connectivity index (χ0v) is 10.7. The van der Waals surface area contributed by atoms with E-state index in [0.29, 0.717) is 11.4 Å². The summed E-state index contributed by atoms with van der Waals surface area (Å²) in [6, 6.07) is 9.22. The number of amides is 1. The molecule has 0 atom stereocenters. The number of H-pyrrole nitrogens is 1. The van der Waals surface area contributed by atoms with Crippen LogP contribution in [0.2, 0.25) is 0 Å². The van der Waals surface area contributed by atoms with Gasteiger partial charge in [0.25, 0.3) is 5.91 Å². The fraction of sp³-hybridized carbons (Fsp3) is 0. The van der Waals surface area contributed by atoms with Crippen molar-refractivity contribution in [2.45, 2.75) is 0 Å². The molecule has 3 rings (SSSR count). The van der Waals surface area contributed by atoms with Gasteiger partial charge in [-0.2, -0.15) is 5.10 Å². The van der Waals surface area contributed by atoms with E-state index in [9.17, 15) is 9.18 Å². The summed E-state index contributed by atoms with van der Waals surface area (Å²) >= 11 is 0. The second kappa shape index (κ2) is 5.49. The average Bonchev–Trinajstić information content (AvgIpc) is 3.04. The molecular formula is C14H10FN5O. The third-order valence-corrected chi connectivity index (χ3v) is 2.80. The number of halogens is 1. The first-order valence-corrected chi connectivity index (χ1v) is 6.12. The Morgan fingerprint density at radius 1 is 1.19 bits per heavy atom. The van der Waals surface area contributed by atoms with Crippen LogP contribution in [0, 0.1) is 5.82 Å². The third-order valence-electron chi connectivity index (χ3n) is 2.80. The topological polar surface area (TPSA) is 83.6 Å². The molecular weight excluding hydrogens is 273 g/mol. The third kappa shape index (κ3) is 2.76. The van der Waals surface area contributed by atoms with Crippen LogP contribution in [0.25, 0.3) is 11.4 Å². The fourth-order valence-electron chi connectivity index (χ4n) is 1.80. The molecule has 104 valence electrons. The lowest BCUT2D eigenvalue weighted by molar-refractivity contribution is 0.102. The number of pyridine rings is 1. The molecule has 21 heavy (non-hydrogen) atoms. The van der Waals surface area contributed by atoms with Gasteiger partial charge >= 0.3 is 0 Å². The van der Waals surface area contributed by atoms with Crippen LogP contribution in [0.4, 0.5) is 10.1 Å². The summed E-state index contributed by atoms with van der Waals surface area (Å²) in [5, 5.41) is 8.90. The standard InChI is InChI=1S/C14H10FN5O/c15-10-5-4-9(13-17-8-18-20-13)7-12(10)19-14(21)11-3-1-2-6-16-11/h1-8H,(H,19,21)(H,17,18,20). The number of aromatic amines is 1. The zero-order valence-electron chi connectivity index (χ0n) is 10.7. The lowest BCUT2D eigenvalue weighted by Crippen LogP contribution is -2.14. The molecule has 0 aliphatic heterocycles. The summed E-state index contributed by atoms with van der Waals surface area (Å²) in [5.74, 6) is -0.532. The van der Waals surface area contributed by atoms with Crippen LogP contribution in [-0.2, 0) is 0 Å². The number of hydrogen-bond acceptors (Lipinski definition) is 4. The fourth-order valence-corrected chi connectivity index (χ4v) is 1.80. The van der Waals surface area contributed by atoms with Crippen molar-refractivity contribution in [3.63, 3.8) is 0 Å². The van der Waals surface area contributed by atoms with E-state index in [-0.39, 0.29) is 11.4 Å². The van der Waals surface area contributed by atoms with Gasteiger partial charge in [-0.15, -0.1) is 0 Å². The largest absolute Gasteiger partial charge is 0.318 e. The molecule has 3 aromatic rings. The van der Waals surface area contributed by atoms with E-state index >= 15 is 0 Å². The van der Waals surface area contributed by atoms with Crippen LogP contribution in [-0.4, -0.2) is 26.1 Å². The molecule has 2 aromatic heterocycles. The minimum absolute atomic E-state index is 0.0551. The highest BCUT2D eigenvalue weighted by Gasteiger charge is 2.12. The van der Waals surface area contributed by atoms with Crippen LogP contribution in [0.5, 0.6) is 0 Å². The highest BCUT2D eigenvalue weighted by molar-refractivity contribution is 6.03. The molecule has 0 unspecified atom stereocenters. The van der Waals surface area contributed by atoms with Gasteiger partial charge in [0, 0.05) is 11.8 Å². The smallest absolute Gasteiger partial charge is 0.274 e. The molecule has 0 radical (unpaired) electrons. The summed E-state index contributed by atoms with van der Waals surface area (Å²) in [5.41, 5.74) is 0.881. The molecule has 2 N–H and O–H groups in total. The van der Waals surface area contributed by atoms with Crippen molar-refractivity contribution in [3.8, 4) is 11.4 Å². The molecule has 2 heterocycles. The zero-order chi connectivity index (χ0) is 14.7. The van der Waals surface area contributed by atoms with Crippen molar-refractivity contribution >= 4 is 11.6 Å². The summed E-state index contributed by atoms with van der Waals surface area (Å²) in [7, 11) is 0. The number of nitrogens with zero attached hydrogens (tertiary/aromatic N) is 3. The Kier molecular flexibility index (Phi) is 3.38. The summed E-state index contributed by atoms with van der Waals surface area (Å²) < 4.78 is 13.8. The van der Waals surface area contributed by atoms with Crippen LogP contribution in [0.15, 0.2) is 48.9 Å². The van der Waals surface area contributed by atoms with E-state index in [4.69, 9.17) is 0 Å². The van der Waals surface area contributed by atoms with E-state index < -0.39 is 11.7 Å². The van der Waals surface area contributed by atoms with Gasteiger partial charge in [-0.3, -0.25) is 14.9 Å². The van der Waals surface area contributed by atoms with Crippen molar-refractivity contribution in [3.05, 3.63) is 60.4 Å². The van der Waals surface area contributed by atoms with Crippen molar-refractivity contribution in [2.75, 3.05) is 5.32 Å². The number of hydrogen-bond donors (Lipinski definition) is 2. The molecule has 6 nitrogen and oxygen atoms in total. The SMILES string of the molecule is O=C(Nc1cc(-c2ncn[nH]2)ccc1F)c1ccccn1. The van der Waals surface area contributed by atoms with E-state index in [2.05, 4.69) is 25.5 Å². The maximum atomic E-state index is 13.8. The molecule has 0 bridgehead atoms. The predicted octanol–water partition coefficient (Wildman–Crippen LogP) is 2.26. The average molecular weight is 283 g/mol. The van der Waals surface area contributed by atoms with Gasteiger partial charge in [0.1, 0.15) is 17.8 Å². The molecule has 0 saturated heterocycles. The van der Waals surface area contributed by atoms with E-state index in [0.717, 1.165) is 0 Å². The lowest BCUT2D eigenvalue weighted by Gasteiger charge is -2.07. The Morgan fingerprint density at radius 3 is 2.81 bits per heavy atom. The van der Waals surface area contributed by atoms with E-state index in [1.165, 1.54) is 24.7 Å². The normalized spacial score (nSPS) is 10.3. The first kappa shape index (κ1) is 12.9. The van der Waals surface area contributed by atoms with E-state index in [1.807, 2.05) is 0 Å². The summed E-state index contributed by atoms with van der Waals surface area (Å²) in [6.45, 7) is 0. The number of anilines is 1. The van der Waals surface area contributed by atoms with Gasteiger partial charge in [0.2, 0.25) is 0 Å². The maximum absolute atomic E-state index is 13.8. The van der Waals surface area contributed by atoms with Crippen molar-refractivity contribution in [1.29, 1.82) is 0 Å². The van der Waals surface area contributed by atoms with Crippen LogP contribution in [0.1, 0.15) is 10.5 Å². The molecule has 0 spiro atoms. The Bertz CT molecular complexity index is 758. The number of aromatic nitrogens is 4. The highest BCUT2D eigenvalue weighted by Crippen LogP contribution is 2.22. The first-order chi connectivity index (χ1) is 10.2. The summed E-state index contributed by atoms with van der Waals surface area (Å²) in [6.07, 6.45) is 2.85. The number of carbonyl (C=O) groups is 1. The maximum Gasteiger partial charge on any atom is 0.274 e. The molecule has 1 amide bonds. The lowest BCUT2D eigenvalue weighted by atomic mass is 10.1. The van der Waals surface area contributed by atoms with Crippen LogP contribution >= 0.6 is 0 Å². The number of rotatable bonds is 3. The Balaban J connectivity index is 1.88. The van der Waals surface area contributed by atoms with Gasteiger partial charge in [0.15, 0.2) is 5.82 Å². The van der Waals surface area contributed by atoms with Gasteiger partial charge in [-0.05, 0) is 30.3 Å². The minimum atomic E-state index is -0.539. The van der Waals surface area contributed by atoms with Gasteiger partial charge < -0.3 is 5.32 Å². The Morgan fingerprint density at radius 2 is 2.10 bits per heavy atom. The number of carbonyl (C=O) groups excluding carboxylic acids is 1. The van der Waals surface area contributed by atoms with Crippen LogP contribution < -0.4 is 5.32 Å². The molecule has 0 fully saturated rings. The van der Waals surface area contributed by atoms with Gasteiger partial charge in [0.05, 0.1) is 5.69 Å². The second-order valence-corrected chi connectivity index (χ2v) is 4.20.